The summed E-state index contributed by atoms with van der Waals surface area (Å²) in [5.41, 5.74) is 3.74. The molecule has 0 heterocycles. The summed E-state index contributed by atoms with van der Waals surface area (Å²) in [6.45, 7) is 5.13. The number of amides is 1. The Kier molecular flexibility index (Phi) is 5.94. The predicted molar refractivity (Wildman–Crippen MR) is 90.8 cm³/mol. The second-order valence-electron chi connectivity index (χ2n) is 5.63. The summed E-state index contributed by atoms with van der Waals surface area (Å²) in [7, 11) is -4.48. The SMILES string of the molecule is Cc1cccc(O[C@H](C)C(=O)NNS(=O)(=O)c2cc(F)ccc2F)c1C. The van der Waals surface area contributed by atoms with E-state index in [0.717, 1.165) is 17.2 Å². The Morgan fingerprint density at radius 3 is 2.54 bits per heavy atom. The molecule has 0 spiro atoms. The first kappa shape index (κ1) is 19.8. The van der Waals surface area contributed by atoms with Crippen LogP contribution < -0.4 is 15.0 Å². The van der Waals surface area contributed by atoms with Crippen molar-refractivity contribution in [1.29, 1.82) is 0 Å². The van der Waals surface area contributed by atoms with Crippen LogP contribution in [0.15, 0.2) is 41.3 Å². The molecule has 2 aromatic rings. The van der Waals surface area contributed by atoms with Gasteiger partial charge in [0.05, 0.1) is 0 Å². The van der Waals surface area contributed by atoms with Crippen LogP contribution in [0, 0.1) is 25.5 Å². The lowest BCUT2D eigenvalue weighted by Crippen LogP contribution is -2.47. The first-order valence-corrected chi connectivity index (χ1v) is 9.09. The Morgan fingerprint density at radius 2 is 1.85 bits per heavy atom. The summed E-state index contributed by atoms with van der Waals surface area (Å²) in [5, 5.41) is 0. The molecule has 6 nitrogen and oxygen atoms in total. The van der Waals surface area contributed by atoms with E-state index in [1.165, 1.54) is 6.92 Å². The zero-order chi connectivity index (χ0) is 19.5. The molecule has 0 saturated heterocycles. The van der Waals surface area contributed by atoms with Crippen LogP contribution in [-0.2, 0) is 14.8 Å². The average Bonchev–Trinajstić information content (AvgIpc) is 2.58. The third-order valence-electron chi connectivity index (χ3n) is 3.72. The fourth-order valence-corrected chi connectivity index (χ4v) is 2.99. The minimum atomic E-state index is -4.48. The maximum absolute atomic E-state index is 13.6. The van der Waals surface area contributed by atoms with Crippen LogP contribution >= 0.6 is 0 Å². The number of carbonyl (C=O) groups excluding carboxylic acids is 1. The van der Waals surface area contributed by atoms with Crippen molar-refractivity contribution in [3.05, 3.63) is 59.2 Å². The molecule has 140 valence electrons. The molecule has 0 aliphatic carbocycles. The lowest BCUT2D eigenvalue weighted by Gasteiger charge is -2.17. The van der Waals surface area contributed by atoms with Gasteiger partial charge in [0.2, 0.25) is 0 Å². The number of sulfonamides is 1. The predicted octanol–water partition coefficient (Wildman–Crippen LogP) is 2.36. The van der Waals surface area contributed by atoms with Crippen LogP contribution in [0.3, 0.4) is 0 Å². The number of nitrogens with one attached hydrogen (secondary N) is 2. The molecular weight excluding hydrogens is 366 g/mol. The van der Waals surface area contributed by atoms with Gasteiger partial charge < -0.3 is 4.74 Å². The molecule has 1 atom stereocenters. The van der Waals surface area contributed by atoms with Crippen molar-refractivity contribution in [2.75, 3.05) is 0 Å². The van der Waals surface area contributed by atoms with E-state index in [0.29, 0.717) is 17.9 Å². The molecule has 0 aliphatic heterocycles. The monoisotopic (exact) mass is 384 g/mol. The fraction of sp³-hybridized carbons (Fsp3) is 0.235. The molecule has 2 aromatic carbocycles. The molecule has 9 heteroatoms. The van der Waals surface area contributed by atoms with Crippen LogP contribution in [0.1, 0.15) is 18.1 Å². The molecule has 0 unspecified atom stereocenters. The quantitative estimate of drug-likeness (QED) is 0.749. The van der Waals surface area contributed by atoms with Gasteiger partial charge in [0.15, 0.2) is 6.10 Å². The smallest absolute Gasteiger partial charge is 0.275 e. The molecule has 0 bridgehead atoms. The van der Waals surface area contributed by atoms with Gasteiger partial charge in [-0.15, -0.1) is 4.83 Å². The van der Waals surface area contributed by atoms with Crippen molar-refractivity contribution in [2.45, 2.75) is 31.8 Å². The lowest BCUT2D eigenvalue weighted by atomic mass is 10.1. The van der Waals surface area contributed by atoms with Gasteiger partial charge >= 0.3 is 0 Å². The van der Waals surface area contributed by atoms with Gasteiger partial charge in [-0.1, -0.05) is 12.1 Å². The first-order valence-electron chi connectivity index (χ1n) is 7.61. The van der Waals surface area contributed by atoms with Gasteiger partial charge in [-0.2, -0.15) is 0 Å². The highest BCUT2D eigenvalue weighted by molar-refractivity contribution is 7.89. The Morgan fingerprint density at radius 1 is 1.15 bits per heavy atom. The van der Waals surface area contributed by atoms with E-state index >= 15 is 0 Å². The van der Waals surface area contributed by atoms with Gasteiger partial charge in [0.1, 0.15) is 22.3 Å². The number of hydrogen-bond donors (Lipinski definition) is 2. The van der Waals surface area contributed by atoms with Crippen molar-refractivity contribution >= 4 is 15.9 Å². The van der Waals surface area contributed by atoms with Crippen LogP contribution in [-0.4, -0.2) is 20.4 Å². The average molecular weight is 384 g/mol. The number of aryl methyl sites for hydroxylation is 1. The zero-order valence-electron chi connectivity index (χ0n) is 14.3. The van der Waals surface area contributed by atoms with E-state index in [9.17, 15) is 22.0 Å². The maximum atomic E-state index is 13.6. The van der Waals surface area contributed by atoms with Crippen LogP contribution in [0.5, 0.6) is 5.75 Å². The van der Waals surface area contributed by atoms with Gasteiger partial charge in [0.25, 0.3) is 15.9 Å². The second kappa shape index (κ2) is 7.79. The molecule has 26 heavy (non-hydrogen) atoms. The van der Waals surface area contributed by atoms with Crippen LogP contribution in [0.4, 0.5) is 8.78 Å². The minimum Gasteiger partial charge on any atom is -0.481 e. The van der Waals surface area contributed by atoms with Crippen LogP contribution in [0.2, 0.25) is 0 Å². The molecule has 1 amide bonds. The Bertz CT molecular complexity index is 932. The van der Waals surface area contributed by atoms with Gasteiger partial charge in [-0.25, -0.2) is 17.2 Å². The van der Waals surface area contributed by atoms with Crippen molar-refractivity contribution in [1.82, 2.24) is 10.3 Å². The molecule has 0 saturated carbocycles. The molecule has 0 radical (unpaired) electrons. The van der Waals surface area contributed by atoms with E-state index in [2.05, 4.69) is 0 Å². The number of hydrazine groups is 1. The summed E-state index contributed by atoms with van der Waals surface area (Å²) in [6.07, 6.45) is -1.03. The minimum absolute atomic E-state index is 0.478. The topological polar surface area (TPSA) is 84.5 Å². The number of ether oxygens (including phenoxy) is 1. The largest absolute Gasteiger partial charge is 0.481 e. The van der Waals surface area contributed by atoms with Crippen molar-refractivity contribution in [2.24, 2.45) is 0 Å². The number of carbonyl (C=O) groups is 1. The van der Waals surface area contributed by atoms with E-state index in [1.54, 1.807) is 17.0 Å². The second-order valence-corrected chi connectivity index (χ2v) is 7.28. The Hall–Kier alpha value is -2.52. The third-order valence-corrected chi connectivity index (χ3v) is 4.98. The Balaban J connectivity index is 2.05. The molecule has 2 N–H and O–H groups in total. The summed E-state index contributed by atoms with van der Waals surface area (Å²) in [5.74, 6) is -2.39. The molecule has 0 aliphatic rings. The molecule has 0 fully saturated rings. The van der Waals surface area contributed by atoms with Gasteiger partial charge in [-0.3, -0.25) is 10.2 Å². The zero-order valence-corrected chi connectivity index (χ0v) is 15.2. The maximum Gasteiger partial charge on any atom is 0.275 e. The number of rotatable bonds is 6. The van der Waals surface area contributed by atoms with Gasteiger partial charge in [0, 0.05) is 0 Å². The molecule has 0 aromatic heterocycles. The standard InChI is InChI=1S/C17H18F2N2O4S/c1-10-5-4-6-15(11(10)2)25-12(3)17(22)20-21-26(23,24)16-9-13(18)7-8-14(16)19/h4-9,12,21H,1-3H3,(H,20,22)/t12-/m1/s1. The Labute approximate surface area is 150 Å². The fourth-order valence-electron chi connectivity index (χ4n) is 2.05. The van der Waals surface area contributed by atoms with Crippen LogP contribution in [0.25, 0.3) is 0 Å². The molecule has 2 rings (SSSR count). The normalized spacial score (nSPS) is 12.5. The van der Waals surface area contributed by atoms with Gasteiger partial charge in [-0.05, 0) is 56.2 Å². The van der Waals surface area contributed by atoms with Crippen molar-refractivity contribution < 1.29 is 26.7 Å². The van der Waals surface area contributed by atoms with E-state index < -0.39 is 38.6 Å². The number of halogens is 2. The van der Waals surface area contributed by atoms with E-state index in [1.807, 2.05) is 25.3 Å². The van der Waals surface area contributed by atoms with E-state index in [4.69, 9.17) is 4.74 Å². The highest BCUT2D eigenvalue weighted by atomic mass is 32.2. The number of hydrogen-bond acceptors (Lipinski definition) is 4. The van der Waals surface area contributed by atoms with E-state index in [-0.39, 0.29) is 0 Å². The van der Waals surface area contributed by atoms with Crippen molar-refractivity contribution in [3.8, 4) is 5.75 Å². The van der Waals surface area contributed by atoms with Crippen molar-refractivity contribution in [3.63, 3.8) is 0 Å². The highest BCUT2D eigenvalue weighted by Gasteiger charge is 2.23. The summed E-state index contributed by atoms with van der Waals surface area (Å²) < 4.78 is 56.3. The third kappa shape index (κ3) is 4.55. The summed E-state index contributed by atoms with van der Waals surface area (Å²) in [6, 6.07) is 7.30. The summed E-state index contributed by atoms with van der Waals surface area (Å²) in [4.78, 5) is 12.8. The molecular formula is C17H18F2N2O4S. The lowest BCUT2D eigenvalue weighted by molar-refractivity contribution is -0.127. The summed E-state index contributed by atoms with van der Waals surface area (Å²) >= 11 is 0. The number of benzene rings is 2. The highest BCUT2D eigenvalue weighted by Crippen LogP contribution is 2.21. The first-order chi connectivity index (χ1) is 12.1.